The first-order valence-corrected chi connectivity index (χ1v) is 11.9. The summed E-state index contributed by atoms with van der Waals surface area (Å²) >= 11 is 0. The summed E-state index contributed by atoms with van der Waals surface area (Å²) in [6, 6.07) is 8.72. The van der Waals surface area contributed by atoms with E-state index in [9.17, 15) is 8.42 Å². The Bertz CT molecular complexity index is 695. The normalized spacial score (nSPS) is 17.1. The number of sulfone groups is 1. The van der Waals surface area contributed by atoms with Gasteiger partial charge < -0.3 is 10.6 Å². The van der Waals surface area contributed by atoms with Gasteiger partial charge in [-0.15, -0.1) is 0 Å². The summed E-state index contributed by atoms with van der Waals surface area (Å²) in [5, 5.41) is 6.51. The van der Waals surface area contributed by atoms with E-state index in [1.165, 1.54) is 43.3 Å². The monoisotopic (exact) mass is 394 g/mol. The zero-order chi connectivity index (χ0) is 19.7. The molecule has 0 aliphatic carbocycles. The highest BCUT2D eigenvalue weighted by molar-refractivity contribution is 7.90. The molecule has 6 nitrogen and oxygen atoms in total. The molecule has 2 rings (SSSR count). The second-order valence-corrected chi connectivity index (χ2v) is 9.72. The van der Waals surface area contributed by atoms with Crippen LogP contribution in [0.3, 0.4) is 0 Å². The predicted molar refractivity (Wildman–Crippen MR) is 113 cm³/mol. The maximum atomic E-state index is 11.3. The van der Waals surface area contributed by atoms with Crippen LogP contribution in [0.15, 0.2) is 29.3 Å². The van der Waals surface area contributed by atoms with Crippen LogP contribution in [0.1, 0.15) is 44.2 Å². The molecule has 1 unspecified atom stereocenters. The van der Waals surface area contributed by atoms with E-state index in [0.29, 0.717) is 13.0 Å². The topological polar surface area (TPSA) is 73.8 Å². The highest BCUT2D eigenvalue weighted by atomic mass is 32.2. The Morgan fingerprint density at radius 2 is 1.81 bits per heavy atom. The van der Waals surface area contributed by atoms with Crippen molar-refractivity contribution in [1.29, 1.82) is 0 Å². The second-order valence-electron chi connectivity index (χ2n) is 7.46. The molecule has 1 aliphatic heterocycles. The summed E-state index contributed by atoms with van der Waals surface area (Å²) in [7, 11) is -2.94. The minimum Gasteiger partial charge on any atom is -0.357 e. The van der Waals surface area contributed by atoms with Crippen molar-refractivity contribution in [3.05, 3.63) is 35.4 Å². The Balaban J connectivity index is 1.87. The van der Waals surface area contributed by atoms with Gasteiger partial charge in [0.1, 0.15) is 9.84 Å². The van der Waals surface area contributed by atoms with Gasteiger partial charge in [-0.3, -0.25) is 4.90 Å². The van der Waals surface area contributed by atoms with Crippen LogP contribution >= 0.6 is 0 Å². The van der Waals surface area contributed by atoms with Crippen molar-refractivity contribution < 1.29 is 8.42 Å². The van der Waals surface area contributed by atoms with E-state index in [1.807, 2.05) is 13.8 Å². The standard InChI is InChI=1S/C20H34N4O2S/c1-4-21-20(23-17(2)11-14-27(3,25)26)22-15-18-7-9-19(10-8-18)16-24-12-5-6-13-24/h7-10,17H,4-6,11-16H2,1-3H3,(H2,21,22,23). The molecule has 0 aromatic heterocycles. The van der Waals surface area contributed by atoms with Crippen LogP contribution in [0.25, 0.3) is 0 Å². The van der Waals surface area contributed by atoms with E-state index in [1.54, 1.807) is 0 Å². The molecule has 0 amide bonds. The van der Waals surface area contributed by atoms with Crippen LogP contribution in [0.2, 0.25) is 0 Å². The Hall–Kier alpha value is -1.60. The first-order chi connectivity index (χ1) is 12.9. The minimum atomic E-state index is -2.94. The fraction of sp³-hybridized carbons (Fsp3) is 0.650. The molecule has 0 bridgehead atoms. The number of hydrogen-bond acceptors (Lipinski definition) is 4. The van der Waals surface area contributed by atoms with Crippen molar-refractivity contribution in [3.8, 4) is 0 Å². The van der Waals surface area contributed by atoms with E-state index in [4.69, 9.17) is 0 Å². The number of aliphatic imine (C=N–C) groups is 1. The lowest BCUT2D eigenvalue weighted by atomic mass is 10.1. The van der Waals surface area contributed by atoms with Crippen LogP contribution in [0.4, 0.5) is 0 Å². The highest BCUT2D eigenvalue weighted by Crippen LogP contribution is 2.13. The number of nitrogens with zero attached hydrogens (tertiary/aromatic N) is 2. The van der Waals surface area contributed by atoms with Gasteiger partial charge in [-0.25, -0.2) is 13.4 Å². The molecule has 2 N–H and O–H groups in total. The molecule has 1 saturated heterocycles. The molecule has 152 valence electrons. The Morgan fingerprint density at radius 1 is 1.19 bits per heavy atom. The van der Waals surface area contributed by atoms with E-state index in [0.717, 1.165) is 19.0 Å². The average molecular weight is 395 g/mol. The predicted octanol–water partition coefficient (Wildman–Crippen LogP) is 2.16. The SMILES string of the molecule is CCNC(=NCc1ccc(CN2CCCC2)cc1)NC(C)CCS(C)(=O)=O. The lowest BCUT2D eigenvalue weighted by Crippen LogP contribution is -2.42. The van der Waals surface area contributed by atoms with Crippen LogP contribution in [-0.4, -0.2) is 57.0 Å². The van der Waals surface area contributed by atoms with Crippen molar-refractivity contribution in [2.75, 3.05) is 31.6 Å². The van der Waals surface area contributed by atoms with Gasteiger partial charge in [-0.2, -0.15) is 0 Å². The maximum absolute atomic E-state index is 11.3. The van der Waals surface area contributed by atoms with E-state index >= 15 is 0 Å². The summed E-state index contributed by atoms with van der Waals surface area (Å²) in [6.07, 6.45) is 4.46. The van der Waals surface area contributed by atoms with E-state index in [2.05, 4.69) is 44.8 Å². The number of rotatable bonds is 9. The van der Waals surface area contributed by atoms with Gasteiger partial charge in [0.05, 0.1) is 12.3 Å². The number of nitrogens with one attached hydrogen (secondary N) is 2. The van der Waals surface area contributed by atoms with E-state index < -0.39 is 9.84 Å². The molecule has 1 aromatic rings. The summed E-state index contributed by atoms with van der Waals surface area (Å²) < 4.78 is 22.6. The van der Waals surface area contributed by atoms with Crippen LogP contribution < -0.4 is 10.6 Å². The number of benzene rings is 1. The van der Waals surface area contributed by atoms with Crippen molar-refractivity contribution in [3.63, 3.8) is 0 Å². The van der Waals surface area contributed by atoms with Crippen molar-refractivity contribution in [2.45, 2.75) is 52.2 Å². The Morgan fingerprint density at radius 3 is 2.41 bits per heavy atom. The van der Waals surface area contributed by atoms with Gasteiger partial charge in [0.15, 0.2) is 5.96 Å². The van der Waals surface area contributed by atoms with Gasteiger partial charge >= 0.3 is 0 Å². The zero-order valence-corrected chi connectivity index (χ0v) is 17.7. The fourth-order valence-electron chi connectivity index (χ4n) is 3.14. The molecule has 1 aliphatic rings. The van der Waals surface area contributed by atoms with Crippen LogP contribution in [0.5, 0.6) is 0 Å². The molecule has 27 heavy (non-hydrogen) atoms. The summed E-state index contributed by atoms with van der Waals surface area (Å²) in [5.74, 6) is 0.902. The maximum Gasteiger partial charge on any atom is 0.191 e. The van der Waals surface area contributed by atoms with Crippen molar-refractivity contribution >= 4 is 15.8 Å². The van der Waals surface area contributed by atoms with Crippen molar-refractivity contribution in [1.82, 2.24) is 15.5 Å². The molecular weight excluding hydrogens is 360 g/mol. The first-order valence-electron chi connectivity index (χ1n) is 9.88. The van der Waals surface area contributed by atoms with Gasteiger partial charge in [-0.05, 0) is 57.3 Å². The third kappa shape index (κ3) is 8.75. The molecular formula is C20H34N4O2S. The van der Waals surface area contributed by atoms with Gasteiger partial charge in [0.25, 0.3) is 0 Å². The molecule has 0 saturated carbocycles. The van der Waals surface area contributed by atoms with Crippen LogP contribution in [0, 0.1) is 0 Å². The molecule has 1 fully saturated rings. The molecule has 1 aromatic carbocycles. The average Bonchev–Trinajstić information content (AvgIpc) is 3.12. The number of guanidine groups is 1. The van der Waals surface area contributed by atoms with Gasteiger partial charge in [0.2, 0.25) is 0 Å². The largest absolute Gasteiger partial charge is 0.357 e. The summed E-state index contributed by atoms with van der Waals surface area (Å²) in [5.41, 5.74) is 2.52. The van der Waals surface area contributed by atoms with Crippen LogP contribution in [-0.2, 0) is 22.9 Å². The fourth-order valence-corrected chi connectivity index (χ4v) is 3.92. The molecule has 1 heterocycles. The molecule has 0 radical (unpaired) electrons. The molecule has 7 heteroatoms. The molecule has 0 spiro atoms. The highest BCUT2D eigenvalue weighted by Gasteiger charge is 2.12. The van der Waals surface area contributed by atoms with Gasteiger partial charge in [-0.1, -0.05) is 24.3 Å². The third-order valence-corrected chi connectivity index (χ3v) is 5.67. The zero-order valence-electron chi connectivity index (χ0n) is 16.9. The summed E-state index contributed by atoms with van der Waals surface area (Å²) in [6.45, 7) is 8.81. The first kappa shape index (κ1) is 21.7. The second kappa shape index (κ2) is 10.7. The Labute approximate surface area is 164 Å². The van der Waals surface area contributed by atoms with Gasteiger partial charge in [0, 0.05) is 25.4 Å². The number of likely N-dealkylation sites (tertiary alicyclic amines) is 1. The lowest BCUT2D eigenvalue weighted by Gasteiger charge is -2.17. The quantitative estimate of drug-likeness (QED) is 0.496. The third-order valence-electron chi connectivity index (χ3n) is 4.70. The smallest absolute Gasteiger partial charge is 0.191 e. The summed E-state index contributed by atoms with van der Waals surface area (Å²) in [4.78, 5) is 7.13. The number of hydrogen-bond donors (Lipinski definition) is 2. The minimum absolute atomic E-state index is 0.0420. The molecule has 1 atom stereocenters. The van der Waals surface area contributed by atoms with Crippen molar-refractivity contribution in [2.24, 2.45) is 4.99 Å². The Kier molecular flexibility index (Phi) is 8.57. The van der Waals surface area contributed by atoms with E-state index in [-0.39, 0.29) is 11.8 Å². The lowest BCUT2D eigenvalue weighted by molar-refractivity contribution is 0.331.